The Morgan fingerprint density at radius 1 is 1.33 bits per heavy atom. The summed E-state index contributed by atoms with van der Waals surface area (Å²) in [5.41, 5.74) is -0.121. The molecule has 0 saturated carbocycles. The van der Waals surface area contributed by atoms with Gasteiger partial charge in [0.2, 0.25) is 10.0 Å². The zero-order valence-electron chi connectivity index (χ0n) is 11.9. The van der Waals surface area contributed by atoms with Crippen LogP contribution in [0, 0.1) is 11.8 Å². The molecule has 0 bridgehead atoms. The molecule has 21 heavy (non-hydrogen) atoms. The molecule has 2 N–H and O–H groups in total. The van der Waals surface area contributed by atoms with E-state index in [2.05, 4.69) is 16.6 Å². The molecule has 0 radical (unpaired) electrons. The van der Waals surface area contributed by atoms with Crippen LogP contribution in [0.25, 0.3) is 0 Å². The minimum absolute atomic E-state index is 0.138. The maximum Gasteiger partial charge on any atom is 0.242 e. The summed E-state index contributed by atoms with van der Waals surface area (Å²) < 4.78 is 33.3. The molecule has 1 aliphatic heterocycles. The predicted molar refractivity (Wildman–Crippen MR) is 79.2 cm³/mol. The number of aliphatic hydroxyl groups excluding tert-OH is 1. The van der Waals surface area contributed by atoms with Crippen LogP contribution in [-0.2, 0) is 14.8 Å². The number of benzene rings is 1. The van der Waals surface area contributed by atoms with Crippen molar-refractivity contribution in [3.05, 3.63) is 29.8 Å². The molecule has 0 atom stereocenters. The third kappa shape index (κ3) is 4.05. The third-order valence-electron chi connectivity index (χ3n) is 3.46. The van der Waals surface area contributed by atoms with E-state index in [1.807, 2.05) is 6.92 Å². The zero-order valence-corrected chi connectivity index (χ0v) is 12.7. The maximum atomic E-state index is 12.6. The topological polar surface area (TPSA) is 75.6 Å². The summed E-state index contributed by atoms with van der Waals surface area (Å²) >= 11 is 0. The Labute approximate surface area is 125 Å². The highest BCUT2D eigenvalue weighted by molar-refractivity contribution is 7.89. The van der Waals surface area contributed by atoms with E-state index in [9.17, 15) is 8.42 Å². The monoisotopic (exact) mass is 309 g/mol. The van der Waals surface area contributed by atoms with Crippen LogP contribution in [-0.4, -0.2) is 38.9 Å². The second-order valence-electron chi connectivity index (χ2n) is 5.23. The van der Waals surface area contributed by atoms with Crippen molar-refractivity contribution in [3.63, 3.8) is 0 Å². The molecule has 1 fully saturated rings. The quantitative estimate of drug-likeness (QED) is 0.813. The van der Waals surface area contributed by atoms with Gasteiger partial charge < -0.3 is 9.84 Å². The van der Waals surface area contributed by atoms with Crippen molar-refractivity contribution in [1.82, 2.24) is 4.72 Å². The van der Waals surface area contributed by atoms with E-state index < -0.39 is 15.6 Å². The summed E-state index contributed by atoms with van der Waals surface area (Å²) in [6.07, 6.45) is 1.27. The van der Waals surface area contributed by atoms with Gasteiger partial charge >= 0.3 is 0 Å². The number of sulfonamides is 1. The lowest BCUT2D eigenvalue weighted by Crippen LogP contribution is -2.49. The van der Waals surface area contributed by atoms with E-state index in [1.165, 1.54) is 6.07 Å². The Kier molecular flexibility index (Phi) is 5.01. The normalized spacial score (nSPS) is 17.8. The maximum absolute atomic E-state index is 12.6. The fourth-order valence-corrected chi connectivity index (χ4v) is 3.87. The lowest BCUT2D eigenvalue weighted by atomic mass is 9.94. The molecule has 5 nitrogen and oxygen atoms in total. The molecule has 1 aromatic carbocycles. The molecule has 0 aromatic heterocycles. The first-order chi connectivity index (χ1) is 9.97. The van der Waals surface area contributed by atoms with Gasteiger partial charge in [0, 0.05) is 24.3 Å². The smallest absolute Gasteiger partial charge is 0.242 e. The molecule has 1 heterocycles. The van der Waals surface area contributed by atoms with E-state index in [0.29, 0.717) is 31.6 Å². The minimum Gasteiger partial charge on any atom is -0.384 e. The van der Waals surface area contributed by atoms with Crippen LogP contribution in [0.4, 0.5) is 0 Å². The van der Waals surface area contributed by atoms with E-state index in [1.54, 1.807) is 18.2 Å². The van der Waals surface area contributed by atoms with Gasteiger partial charge in [-0.15, -0.1) is 0 Å². The molecule has 114 valence electrons. The number of aliphatic hydroxyl groups is 1. The van der Waals surface area contributed by atoms with Gasteiger partial charge in [0.25, 0.3) is 0 Å². The van der Waals surface area contributed by atoms with Crippen molar-refractivity contribution < 1.29 is 18.3 Å². The average Bonchev–Trinajstić information content (AvgIpc) is 2.45. The first kappa shape index (κ1) is 16.0. The Morgan fingerprint density at radius 2 is 2.00 bits per heavy atom. The van der Waals surface area contributed by atoms with Crippen LogP contribution in [0.1, 0.15) is 25.3 Å². The highest BCUT2D eigenvalue weighted by Crippen LogP contribution is 2.24. The predicted octanol–water partition coefficient (Wildman–Crippen LogP) is 0.878. The van der Waals surface area contributed by atoms with Crippen molar-refractivity contribution in [2.45, 2.75) is 30.2 Å². The molecule has 0 aliphatic carbocycles. The van der Waals surface area contributed by atoms with Gasteiger partial charge in [-0.05, 0) is 31.9 Å². The Balaban J connectivity index is 2.31. The fourth-order valence-electron chi connectivity index (χ4n) is 2.24. The van der Waals surface area contributed by atoms with Gasteiger partial charge in [-0.25, -0.2) is 13.1 Å². The van der Waals surface area contributed by atoms with E-state index in [-0.39, 0.29) is 11.5 Å². The van der Waals surface area contributed by atoms with Crippen LogP contribution < -0.4 is 4.72 Å². The minimum atomic E-state index is -3.67. The van der Waals surface area contributed by atoms with Gasteiger partial charge in [0.1, 0.15) is 6.61 Å². The highest BCUT2D eigenvalue weighted by Gasteiger charge is 2.33. The fraction of sp³-hybridized carbons (Fsp3) is 0.467. The summed E-state index contributed by atoms with van der Waals surface area (Å²) in [5, 5.41) is 8.77. The van der Waals surface area contributed by atoms with Crippen LogP contribution in [0.3, 0.4) is 0 Å². The molecule has 0 unspecified atom stereocenters. The number of hydrogen-bond acceptors (Lipinski definition) is 4. The number of rotatable bonds is 3. The van der Waals surface area contributed by atoms with Crippen LogP contribution in [0.5, 0.6) is 0 Å². The zero-order chi connectivity index (χ0) is 15.3. The van der Waals surface area contributed by atoms with Gasteiger partial charge in [-0.2, -0.15) is 0 Å². The lowest BCUT2D eigenvalue weighted by Gasteiger charge is -2.34. The molecule has 1 saturated heterocycles. The van der Waals surface area contributed by atoms with Crippen molar-refractivity contribution in [2.75, 3.05) is 19.8 Å². The van der Waals surface area contributed by atoms with Crippen LogP contribution >= 0.6 is 0 Å². The molecule has 0 amide bonds. The lowest BCUT2D eigenvalue weighted by molar-refractivity contribution is 0.0537. The summed E-state index contributed by atoms with van der Waals surface area (Å²) in [7, 11) is -3.67. The molecular weight excluding hydrogens is 290 g/mol. The van der Waals surface area contributed by atoms with E-state index >= 15 is 0 Å². The standard InChI is InChI=1S/C15H19NO4S/c1-15(8-11-20-12-9-15)16-21(18,19)14-7-3-2-5-13(14)6-4-10-17/h2-3,5,7,16-17H,8-12H2,1H3. The Morgan fingerprint density at radius 3 is 2.67 bits per heavy atom. The average molecular weight is 309 g/mol. The van der Waals surface area contributed by atoms with Gasteiger partial charge in [-0.1, -0.05) is 24.0 Å². The number of ether oxygens (including phenoxy) is 1. The van der Waals surface area contributed by atoms with Gasteiger partial charge in [0.15, 0.2) is 0 Å². The third-order valence-corrected chi connectivity index (χ3v) is 5.15. The van der Waals surface area contributed by atoms with Crippen LogP contribution in [0.2, 0.25) is 0 Å². The summed E-state index contributed by atoms with van der Waals surface area (Å²) in [5.74, 6) is 5.16. The number of hydrogen-bond donors (Lipinski definition) is 2. The first-order valence-electron chi connectivity index (χ1n) is 6.77. The van der Waals surface area contributed by atoms with Crippen molar-refractivity contribution in [2.24, 2.45) is 0 Å². The molecule has 2 rings (SSSR count). The molecular formula is C15H19NO4S. The molecule has 1 aliphatic rings. The second kappa shape index (κ2) is 6.58. The molecule has 0 spiro atoms. The van der Waals surface area contributed by atoms with Crippen molar-refractivity contribution >= 4 is 10.0 Å². The van der Waals surface area contributed by atoms with Gasteiger partial charge in [0.05, 0.1) is 4.90 Å². The molecule has 6 heteroatoms. The second-order valence-corrected chi connectivity index (χ2v) is 6.89. The highest BCUT2D eigenvalue weighted by atomic mass is 32.2. The largest absolute Gasteiger partial charge is 0.384 e. The van der Waals surface area contributed by atoms with Gasteiger partial charge in [-0.3, -0.25) is 0 Å². The molecule has 1 aromatic rings. The Hall–Kier alpha value is -1.39. The van der Waals surface area contributed by atoms with Crippen molar-refractivity contribution in [1.29, 1.82) is 0 Å². The number of nitrogens with one attached hydrogen (secondary N) is 1. The summed E-state index contributed by atoms with van der Waals surface area (Å²) in [4.78, 5) is 0.138. The Bertz CT molecular complexity index is 652. The SMILES string of the molecule is CC1(NS(=O)(=O)c2ccccc2C#CCO)CCOCC1. The van der Waals surface area contributed by atoms with Crippen molar-refractivity contribution in [3.8, 4) is 11.8 Å². The van der Waals surface area contributed by atoms with Crippen LogP contribution in [0.15, 0.2) is 29.2 Å². The summed E-state index contributed by atoms with van der Waals surface area (Å²) in [6.45, 7) is 2.67. The first-order valence-corrected chi connectivity index (χ1v) is 8.26. The van der Waals surface area contributed by atoms with E-state index in [0.717, 1.165) is 0 Å². The van der Waals surface area contributed by atoms with E-state index in [4.69, 9.17) is 9.84 Å². The summed E-state index contributed by atoms with van der Waals surface area (Å²) in [6, 6.07) is 6.53.